The van der Waals surface area contributed by atoms with Gasteiger partial charge in [-0.1, -0.05) is 25.5 Å². The molecule has 0 aliphatic heterocycles. The number of hydrogen-bond donors (Lipinski definition) is 3. The van der Waals surface area contributed by atoms with Crippen LogP contribution < -0.4 is 10.6 Å². The normalized spacial score (nSPS) is 17.2. The van der Waals surface area contributed by atoms with Crippen LogP contribution in [0.5, 0.6) is 0 Å². The average molecular weight is 349 g/mol. The lowest BCUT2D eigenvalue weighted by Crippen LogP contribution is -2.40. The van der Waals surface area contributed by atoms with Crippen molar-refractivity contribution in [3.05, 3.63) is 35.6 Å². The Morgan fingerprint density at radius 3 is 2.68 bits per heavy atom. The van der Waals surface area contributed by atoms with Crippen molar-refractivity contribution in [2.24, 2.45) is 10.9 Å². The number of nitrogens with zero attached hydrogens (tertiary/aromatic N) is 1. The van der Waals surface area contributed by atoms with Crippen LogP contribution >= 0.6 is 0 Å². The van der Waals surface area contributed by atoms with Crippen molar-refractivity contribution in [1.82, 2.24) is 10.6 Å². The van der Waals surface area contributed by atoms with Gasteiger partial charge in [0.05, 0.1) is 6.54 Å². The van der Waals surface area contributed by atoms with Gasteiger partial charge in [0.2, 0.25) is 0 Å². The van der Waals surface area contributed by atoms with Gasteiger partial charge in [0.25, 0.3) is 0 Å². The van der Waals surface area contributed by atoms with Gasteiger partial charge >= 0.3 is 0 Å². The lowest BCUT2D eigenvalue weighted by Gasteiger charge is -2.19. The van der Waals surface area contributed by atoms with E-state index in [0.717, 1.165) is 56.7 Å². The van der Waals surface area contributed by atoms with Gasteiger partial charge in [-0.2, -0.15) is 0 Å². The van der Waals surface area contributed by atoms with Crippen LogP contribution in [0.4, 0.5) is 4.39 Å². The fourth-order valence-electron chi connectivity index (χ4n) is 3.26. The Balaban J connectivity index is 1.97. The number of halogens is 1. The molecule has 1 fully saturated rings. The molecule has 5 heteroatoms. The van der Waals surface area contributed by atoms with E-state index >= 15 is 0 Å². The Bertz CT molecular complexity index is 552. The van der Waals surface area contributed by atoms with Gasteiger partial charge in [-0.05, 0) is 56.2 Å². The van der Waals surface area contributed by atoms with Crippen LogP contribution in [0.25, 0.3) is 0 Å². The highest BCUT2D eigenvalue weighted by Gasteiger charge is 2.44. The van der Waals surface area contributed by atoms with Gasteiger partial charge in [0, 0.05) is 25.1 Å². The third kappa shape index (κ3) is 5.99. The predicted octanol–water partition coefficient (Wildman–Crippen LogP) is 3.21. The molecule has 2 rings (SSSR count). The molecule has 3 N–H and O–H groups in total. The van der Waals surface area contributed by atoms with E-state index in [1.54, 1.807) is 12.1 Å². The topological polar surface area (TPSA) is 56.6 Å². The quantitative estimate of drug-likeness (QED) is 0.449. The van der Waals surface area contributed by atoms with Gasteiger partial charge in [0.1, 0.15) is 5.82 Å². The minimum absolute atomic E-state index is 0.00162. The van der Waals surface area contributed by atoms with Crippen LogP contribution in [0.1, 0.15) is 51.5 Å². The summed E-state index contributed by atoms with van der Waals surface area (Å²) >= 11 is 0. The fraction of sp³-hybridized carbons (Fsp3) is 0.650. The van der Waals surface area contributed by atoms with Crippen LogP contribution in [0.2, 0.25) is 0 Å². The maximum absolute atomic E-state index is 13.5. The van der Waals surface area contributed by atoms with E-state index in [1.165, 1.54) is 6.07 Å². The van der Waals surface area contributed by atoms with E-state index in [-0.39, 0.29) is 17.8 Å². The largest absolute Gasteiger partial charge is 0.396 e. The summed E-state index contributed by atoms with van der Waals surface area (Å²) < 4.78 is 13.5. The molecule has 25 heavy (non-hydrogen) atoms. The van der Waals surface area contributed by atoms with Crippen molar-refractivity contribution >= 4 is 5.96 Å². The van der Waals surface area contributed by atoms with E-state index in [2.05, 4.69) is 17.6 Å². The van der Waals surface area contributed by atoms with Crippen molar-refractivity contribution in [3.63, 3.8) is 0 Å². The summed E-state index contributed by atoms with van der Waals surface area (Å²) in [5, 5.41) is 15.9. The summed E-state index contributed by atoms with van der Waals surface area (Å²) in [6, 6.07) is 6.91. The Morgan fingerprint density at radius 1 is 1.28 bits per heavy atom. The predicted molar refractivity (Wildman–Crippen MR) is 101 cm³/mol. The van der Waals surface area contributed by atoms with Crippen LogP contribution in [0.15, 0.2) is 29.3 Å². The molecule has 140 valence electrons. The van der Waals surface area contributed by atoms with Crippen LogP contribution in [-0.4, -0.2) is 37.3 Å². The van der Waals surface area contributed by atoms with Gasteiger partial charge < -0.3 is 15.7 Å². The van der Waals surface area contributed by atoms with E-state index < -0.39 is 0 Å². The van der Waals surface area contributed by atoms with E-state index in [0.29, 0.717) is 12.5 Å². The van der Waals surface area contributed by atoms with Crippen molar-refractivity contribution in [1.29, 1.82) is 0 Å². The highest BCUT2D eigenvalue weighted by Crippen LogP contribution is 2.48. The Morgan fingerprint density at radius 2 is 2.08 bits per heavy atom. The molecule has 4 nitrogen and oxygen atoms in total. The summed E-state index contributed by atoms with van der Waals surface area (Å²) in [6.45, 7) is 6.73. The monoisotopic (exact) mass is 349 g/mol. The first-order valence-electron chi connectivity index (χ1n) is 9.52. The molecular weight excluding hydrogens is 317 g/mol. The molecule has 0 aromatic heterocycles. The molecule has 0 amide bonds. The third-order valence-electron chi connectivity index (χ3n) is 4.97. The van der Waals surface area contributed by atoms with Gasteiger partial charge in [0.15, 0.2) is 5.96 Å². The highest BCUT2D eigenvalue weighted by atomic mass is 19.1. The smallest absolute Gasteiger partial charge is 0.191 e. The minimum Gasteiger partial charge on any atom is -0.396 e. The number of hydrogen-bond acceptors (Lipinski definition) is 2. The number of guanidine groups is 1. The number of nitrogens with one attached hydrogen (secondary N) is 2. The Kier molecular flexibility index (Phi) is 7.69. The summed E-state index contributed by atoms with van der Waals surface area (Å²) in [5.41, 5.74) is 1.05. The Labute approximate surface area is 150 Å². The first kappa shape index (κ1) is 19.7. The highest BCUT2D eigenvalue weighted by molar-refractivity contribution is 5.79. The van der Waals surface area contributed by atoms with Crippen molar-refractivity contribution in [3.8, 4) is 0 Å². The zero-order chi connectivity index (χ0) is 18.1. The second-order valence-electron chi connectivity index (χ2n) is 7.03. The zero-order valence-corrected chi connectivity index (χ0v) is 15.5. The molecule has 0 saturated heterocycles. The molecule has 0 heterocycles. The van der Waals surface area contributed by atoms with Gasteiger partial charge in [-0.3, -0.25) is 4.99 Å². The number of benzene rings is 1. The van der Waals surface area contributed by atoms with Gasteiger partial charge in [-0.25, -0.2) is 4.39 Å². The summed E-state index contributed by atoms with van der Waals surface area (Å²) in [5.74, 6) is 1.09. The maximum Gasteiger partial charge on any atom is 0.191 e. The fourth-order valence-corrected chi connectivity index (χ4v) is 3.26. The summed E-state index contributed by atoms with van der Waals surface area (Å²) in [6.07, 6.45) is 5.14. The number of rotatable bonds is 10. The number of aliphatic hydroxyl groups is 1. The van der Waals surface area contributed by atoms with Gasteiger partial charge in [-0.15, -0.1) is 0 Å². The van der Waals surface area contributed by atoms with Crippen LogP contribution in [-0.2, 0) is 5.41 Å². The maximum atomic E-state index is 13.5. The molecule has 0 spiro atoms. The molecule has 0 radical (unpaired) electrons. The SMILES string of the molecule is CCCC(CCO)CNC(=NCC1(c2cccc(F)c2)CC1)NCC. The Hall–Kier alpha value is -1.62. The standard InChI is InChI=1S/C20H32FN3O/c1-3-6-16(9-12-25)14-23-19(22-4-2)24-15-20(10-11-20)17-7-5-8-18(21)13-17/h5,7-8,13,16,25H,3-4,6,9-12,14-15H2,1-2H3,(H2,22,23,24). The molecule has 1 aromatic rings. The first-order chi connectivity index (χ1) is 12.1. The molecule has 1 unspecified atom stereocenters. The van der Waals surface area contributed by atoms with E-state index in [9.17, 15) is 9.50 Å². The van der Waals surface area contributed by atoms with Crippen LogP contribution in [0, 0.1) is 11.7 Å². The summed E-state index contributed by atoms with van der Waals surface area (Å²) in [7, 11) is 0. The molecule has 1 atom stereocenters. The first-order valence-corrected chi connectivity index (χ1v) is 9.52. The second kappa shape index (κ2) is 9.76. The summed E-state index contributed by atoms with van der Waals surface area (Å²) in [4.78, 5) is 4.76. The molecule has 1 aromatic carbocycles. The molecule has 1 saturated carbocycles. The van der Waals surface area contributed by atoms with E-state index in [4.69, 9.17) is 4.99 Å². The number of aliphatic imine (C=N–C) groups is 1. The lowest BCUT2D eigenvalue weighted by molar-refractivity contribution is 0.251. The average Bonchev–Trinajstić information content (AvgIpc) is 3.39. The van der Waals surface area contributed by atoms with Crippen molar-refractivity contribution < 1.29 is 9.50 Å². The number of aliphatic hydroxyl groups excluding tert-OH is 1. The van der Waals surface area contributed by atoms with Crippen molar-refractivity contribution in [2.75, 3.05) is 26.2 Å². The molecule has 1 aliphatic carbocycles. The zero-order valence-electron chi connectivity index (χ0n) is 15.5. The minimum atomic E-state index is -0.177. The second-order valence-corrected chi connectivity index (χ2v) is 7.03. The molecule has 1 aliphatic rings. The molecule has 0 bridgehead atoms. The van der Waals surface area contributed by atoms with Crippen molar-refractivity contribution in [2.45, 2.75) is 51.4 Å². The lowest BCUT2D eigenvalue weighted by atomic mass is 9.96. The van der Waals surface area contributed by atoms with E-state index in [1.807, 2.05) is 13.0 Å². The van der Waals surface area contributed by atoms with Crippen LogP contribution in [0.3, 0.4) is 0 Å². The molecular formula is C20H32FN3O. The third-order valence-corrected chi connectivity index (χ3v) is 4.97.